The summed E-state index contributed by atoms with van der Waals surface area (Å²) in [5.74, 6) is -0.211. The van der Waals surface area contributed by atoms with Gasteiger partial charge in [0.05, 0.1) is 25.3 Å². The monoisotopic (exact) mass is 337 g/mol. The van der Waals surface area contributed by atoms with Gasteiger partial charge in [-0.25, -0.2) is 0 Å². The minimum atomic E-state index is -0.211. The predicted octanol–water partition coefficient (Wildman–Crippen LogP) is 1.86. The predicted molar refractivity (Wildman–Crippen MR) is 91.0 cm³/mol. The number of piperidine rings is 1. The van der Waals surface area contributed by atoms with E-state index in [0.29, 0.717) is 19.6 Å². The van der Waals surface area contributed by atoms with E-state index >= 15 is 0 Å². The maximum absolute atomic E-state index is 11.4. The van der Waals surface area contributed by atoms with Crippen LogP contribution in [-0.4, -0.2) is 45.8 Å². The van der Waals surface area contributed by atoms with Gasteiger partial charge in [-0.1, -0.05) is 11.8 Å². The molecule has 126 valence electrons. The average Bonchev–Trinajstić information content (AvgIpc) is 2.95. The molecule has 1 aromatic rings. The van der Waals surface area contributed by atoms with Crippen LogP contribution in [0.4, 0.5) is 0 Å². The SMILES string of the molecule is CCOC(=O)CCn1ccc(C=C2CNCC[C@H]2SC(C)=O)n1. The lowest BCUT2D eigenvalue weighted by atomic mass is 10.0. The summed E-state index contributed by atoms with van der Waals surface area (Å²) in [6, 6.07) is 1.92. The summed E-state index contributed by atoms with van der Waals surface area (Å²) >= 11 is 1.39. The zero-order chi connectivity index (χ0) is 16.7. The second kappa shape index (κ2) is 8.88. The molecule has 0 aromatic carbocycles. The standard InChI is InChI=1S/C16H23N3O3S/c1-3-22-16(21)6-9-19-8-5-14(18-19)10-13-11-17-7-4-15(13)23-12(2)20/h5,8,10,15,17H,3-4,6-7,9,11H2,1-2H3/t15-/m1/s1. The Balaban J connectivity index is 1.98. The fourth-order valence-electron chi connectivity index (χ4n) is 2.45. The summed E-state index contributed by atoms with van der Waals surface area (Å²) in [6.45, 7) is 6.01. The van der Waals surface area contributed by atoms with E-state index in [0.717, 1.165) is 25.2 Å². The first-order chi connectivity index (χ1) is 11.1. The Hall–Kier alpha value is -1.60. The summed E-state index contributed by atoms with van der Waals surface area (Å²) in [6.07, 6.45) is 5.15. The van der Waals surface area contributed by atoms with Crippen molar-refractivity contribution in [1.82, 2.24) is 15.1 Å². The van der Waals surface area contributed by atoms with E-state index in [2.05, 4.69) is 10.4 Å². The molecule has 1 N–H and O–H groups in total. The van der Waals surface area contributed by atoms with Gasteiger partial charge < -0.3 is 10.1 Å². The third-order valence-corrected chi connectivity index (χ3v) is 4.63. The fourth-order valence-corrected chi connectivity index (χ4v) is 3.39. The average molecular weight is 337 g/mol. The molecule has 1 atom stereocenters. The van der Waals surface area contributed by atoms with E-state index in [4.69, 9.17) is 4.74 Å². The van der Waals surface area contributed by atoms with Crippen molar-refractivity contribution in [3.05, 3.63) is 23.5 Å². The van der Waals surface area contributed by atoms with Gasteiger partial charge in [-0.3, -0.25) is 14.3 Å². The van der Waals surface area contributed by atoms with Crippen LogP contribution in [0.3, 0.4) is 0 Å². The first-order valence-electron chi connectivity index (χ1n) is 7.86. The van der Waals surface area contributed by atoms with Crippen LogP contribution in [0.25, 0.3) is 6.08 Å². The summed E-state index contributed by atoms with van der Waals surface area (Å²) in [4.78, 5) is 22.7. The molecule has 0 bridgehead atoms. The van der Waals surface area contributed by atoms with E-state index in [-0.39, 0.29) is 16.3 Å². The number of aromatic nitrogens is 2. The minimum absolute atomic E-state index is 0.141. The highest BCUT2D eigenvalue weighted by molar-refractivity contribution is 8.14. The van der Waals surface area contributed by atoms with Crippen LogP contribution in [-0.2, 0) is 20.9 Å². The molecule has 0 amide bonds. The Morgan fingerprint density at radius 2 is 2.39 bits per heavy atom. The molecule has 23 heavy (non-hydrogen) atoms. The van der Waals surface area contributed by atoms with Gasteiger partial charge in [0.1, 0.15) is 0 Å². The minimum Gasteiger partial charge on any atom is -0.466 e. The van der Waals surface area contributed by atoms with Crippen molar-refractivity contribution in [2.75, 3.05) is 19.7 Å². The van der Waals surface area contributed by atoms with Crippen LogP contribution in [0.2, 0.25) is 0 Å². The summed E-state index contributed by atoms with van der Waals surface area (Å²) in [5, 5.41) is 8.15. The van der Waals surface area contributed by atoms with Crippen molar-refractivity contribution in [3.63, 3.8) is 0 Å². The second-order valence-corrected chi connectivity index (χ2v) is 6.72. The number of carbonyl (C=O) groups excluding carboxylic acids is 2. The number of nitrogens with zero attached hydrogens (tertiary/aromatic N) is 2. The number of nitrogens with one attached hydrogen (secondary N) is 1. The smallest absolute Gasteiger partial charge is 0.307 e. The van der Waals surface area contributed by atoms with Gasteiger partial charge in [0.15, 0.2) is 5.12 Å². The van der Waals surface area contributed by atoms with Crippen LogP contribution in [0.15, 0.2) is 17.8 Å². The molecule has 7 heteroatoms. The number of thioether (sulfide) groups is 1. The molecule has 1 aromatic heterocycles. The lowest BCUT2D eigenvalue weighted by molar-refractivity contribution is -0.143. The van der Waals surface area contributed by atoms with E-state index in [9.17, 15) is 9.59 Å². The van der Waals surface area contributed by atoms with Crippen LogP contribution >= 0.6 is 11.8 Å². The summed E-state index contributed by atoms with van der Waals surface area (Å²) in [7, 11) is 0. The fraction of sp³-hybridized carbons (Fsp3) is 0.562. The normalized spacial score (nSPS) is 19.7. The highest BCUT2D eigenvalue weighted by Gasteiger charge is 2.21. The van der Waals surface area contributed by atoms with E-state index in [1.807, 2.05) is 18.3 Å². The van der Waals surface area contributed by atoms with Gasteiger partial charge in [-0.15, -0.1) is 0 Å². The summed E-state index contributed by atoms with van der Waals surface area (Å²) in [5.41, 5.74) is 2.04. The molecular weight excluding hydrogens is 314 g/mol. The van der Waals surface area contributed by atoms with Gasteiger partial charge in [0.25, 0.3) is 0 Å². The number of aryl methyl sites for hydroxylation is 1. The molecule has 2 rings (SSSR count). The highest BCUT2D eigenvalue weighted by Crippen LogP contribution is 2.26. The number of ether oxygens (including phenoxy) is 1. The zero-order valence-corrected chi connectivity index (χ0v) is 14.4. The number of esters is 1. The van der Waals surface area contributed by atoms with Crippen LogP contribution in [0, 0.1) is 0 Å². The number of hydrogen-bond donors (Lipinski definition) is 1. The van der Waals surface area contributed by atoms with Crippen molar-refractivity contribution in [1.29, 1.82) is 0 Å². The molecular formula is C16H23N3O3S. The Labute approximate surface area is 140 Å². The van der Waals surface area contributed by atoms with E-state index in [1.54, 1.807) is 18.5 Å². The van der Waals surface area contributed by atoms with Crippen molar-refractivity contribution in [3.8, 4) is 0 Å². The topological polar surface area (TPSA) is 73.2 Å². The molecule has 2 heterocycles. The first kappa shape index (κ1) is 17.7. The van der Waals surface area contributed by atoms with Crippen molar-refractivity contribution in [2.24, 2.45) is 0 Å². The van der Waals surface area contributed by atoms with Crippen molar-refractivity contribution < 1.29 is 14.3 Å². The van der Waals surface area contributed by atoms with Crippen molar-refractivity contribution in [2.45, 2.75) is 38.5 Å². The van der Waals surface area contributed by atoms with Crippen LogP contribution in [0.1, 0.15) is 32.4 Å². The molecule has 1 aliphatic heterocycles. The van der Waals surface area contributed by atoms with Crippen molar-refractivity contribution >= 4 is 28.9 Å². The molecule has 0 unspecified atom stereocenters. The Morgan fingerprint density at radius 3 is 3.13 bits per heavy atom. The third kappa shape index (κ3) is 5.84. The van der Waals surface area contributed by atoms with Gasteiger partial charge in [-0.05, 0) is 37.6 Å². The van der Waals surface area contributed by atoms with Crippen LogP contribution in [0.5, 0.6) is 0 Å². The number of carbonyl (C=O) groups is 2. The Kier molecular flexibility index (Phi) is 6.85. The van der Waals surface area contributed by atoms with Crippen LogP contribution < -0.4 is 5.32 Å². The van der Waals surface area contributed by atoms with Gasteiger partial charge >= 0.3 is 5.97 Å². The Bertz CT molecular complexity index is 583. The lowest BCUT2D eigenvalue weighted by Gasteiger charge is -2.24. The summed E-state index contributed by atoms with van der Waals surface area (Å²) < 4.78 is 6.65. The number of rotatable bonds is 6. The molecule has 1 aliphatic rings. The zero-order valence-electron chi connectivity index (χ0n) is 13.6. The maximum atomic E-state index is 11.4. The quantitative estimate of drug-likeness (QED) is 0.799. The maximum Gasteiger partial charge on any atom is 0.307 e. The lowest BCUT2D eigenvalue weighted by Crippen LogP contribution is -2.32. The largest absolute Gasteiger partial charge is 0.466 e. The van der Waals surface area contributed by atoms with E-state index < -0.39 is 0 Å². The second-order valence-electron chi connectivity index (χ2n) is 5.34. The molecule has 1 fully saturated rings. The molecule has 0 saturated carbocycles. The third-order valence-electron chi connectivity index (χ3n) is 3.48. The van der Waals surface area contributed by atoms with Gasteiger partial charge in [0.2, 0.25) is 0 Å². The highest BCUT2D eigenvalue weighted by atomic mass is 32.2. The first-order valence-corrected chi connectivity index (χ1v) is 8.74. The molecule has 0 aliphatic carbocycles. The van der Waals surface area contributed by atoms with Gasteiger partial charge in [0, 0.05) is 24.9 Å². The van der Waals surface area contributed by atoms with Gasteiger partial charge in [-0.2, -0.15) is 5.10 Å². The van der Waals surface area contributed by atoms with E-state index in [1.165, 1.54) is 17.3 Å². The Morgan fingerprint density at radius 1 is 1.57 bits per heavy atom. The molecule has 0 radical (unpaired) electrons. The molecule has 1 saturated heterocycles. The number of hydrogen-bond acceptors (Lipinski definition) is 6. The molecule has 0 spiro atoms. The molecule has 6 nitrogen and oxygen atoms in total.